The van der Waals surface area contributed by atoms with E-state index in [4.69, 9.17) is 0 Å². The fourth-order valence-corrected chi connectivity index (χ4v) is 3.49. The molecule has 0 heterocycles. The molecule has 0 amide bonds. The zero-order chi connectivity index (χ0) is 16.4. The molecule has 3 nitrogen and oxygen atoms in total. The fourth-order valence-electron chi connectivity index (χ4n) is 2.80. The Labute approximate surface area is 130 Å². The van der Waals surface area contributed by atoms with Crippen LogP contribution in [-0.4, -0.2) is 32.0 Å². The normalized spacial score (nSPS) is 14.2. The van der Waals surface area contributed by atoms with Gasteiger partial charge in [0.05, 0.1) is 4.75 Å². The van der Waals surface area contributed by atoms with Crippen molar-refractivity contribution in [3.63, 3.8) is 0 Å². The Kier molecular flexibility index (Phi) is 5.62. The topological polar surface area (TPSA) is 46.2 Å². The first-order valence-corrected chi connectivity index (χ1v) is 9.39. The maximum absolute atomic E-state index is 12.1. The Bertz CT molecular complexity index is 580. The molecule has 0 spiro atoms. The molecule has 0 aliphatic carbocycles. The minimum absolute atomic E-state index is 0.0994. The Morgan fingerprint density at radius 1 is 1.14 bits per heavy atom. The van der Waals surface area contributed by atoms with Gasteiger partial charge in [0.2, 0.25) is 0 Å². The summed E-state index contributed by atoms with van der Waals surface area (Å²) in [6.07, 6.45) is 2.05. The number of hydrogen-bond donors (Lipinski definition) is 1. The summed E-state index contributed by atoms with van der Waals surface area (Å²) < 4.78 is 23.5. The van der Waals surface area contributed by atoms with Gasteiger partial charge in [0.1, 0.15) is 0 Å². The maximum atomic E-state index is 12.1. The van der Waals surface area contributed by atoms with Crippen LogP contribution in [0.1, 0.15) is 43.0 Å². The molecule has 0 bridgehead atoms. The Morgan fingerprint density at radius 3 is 2.00 bits per heavy atom. The molecule has 120 valence electrons. The molecule has 0 saturated carbocycles. The molecule has 21 heavy (non-hydrogen) atoms. The third kappa shape index (κ3) is 4.07. The van der Waals surface area contributed by atoms with Crippen molar-refractivity contribution in [1.82, 2.24) is 5.32 Å². The van der Waals surface area contributed by atoms with Gasteiger partial charge < -0.3 is 5.32 Å². The molecular formula is C17H29NO2S. The van der Waals surface area contributed by atoms with Crippen LogP contribution in [0.4, 0.5) is 0 Å². The molecule has 1 aromatic carbocycles. The number of hydrogen-bond acceptors (Lipinski definition) is 3. The summed E-state index contributed by atoms with van der Waals surface area (Å²) in [4.78, 5) is 0. The third-order valence-electron chi connectivity index (χ3n) is 4.49. The lowest BCUT2D eigenvalue weighted by atomic mass is 9.89. The minimum atomic E-state index is -3.14. The first-order chi connectivity index (χ1) is 9.50. The first-order valence-electron chi connectivity index (χ1n) is 7.50. The van der Waals surface area contributed by atoms with Crippen LogP contribution in [0.2, 0.25) is 0 Å². The summed E-state index contributed by atoms with van der Waals surface area (Å²) in [6, 6.07) is 4.23. The van der Waals surface area contributed by atoms with Gasteiger partial charge >= 0.3 is 0 Å². The quantitative estimate of drug-likeness (QED) is 0.878. The highest BCUT2D eigenvalue weighted by molar-refractivity contribution is 7.92. The van der Waals surface area contributed by atoms with E-state index in [1.807, 2.05) is 20.8 Å². The van der Waals surface area contributed by atoms with Gasteiger partial charge in [0.25, 0.3) is 0 Å². The van der Waals surface area contributed by atoms with Gasteiger partial charge in [-0.15, -0.1) is 0 Å². The van der Waals surface area contributed by atoms with E-state index >= 15 is 0 Å². The van der Waals surface area contributed by atoms with Gasteiger partial charge in [-0.1, -0.05) is 24.6 Å². The second-order valence-electron chi connectivity index (χ2n) is 6.57. The van der Waals surface area contributed by atoms with E-state index in [1.54, 1.807) is 0 Å². The van der Waals surface area contributed by atoms with Crippen LogP contribution in [0.3, 0.4) is 0 Å². The smallest absolute Gasteiger partial charge is 0.154 e. The molecule has 1 atom stereocenters. The second-order valence-corrected chi connectivity index (χ2v) is 9.16. The second kappa shape index (κ2) is 6.49. The van der Waals surface area contributed by atoms with Crippen LogP contribution >= 0.6 is 0 Å². The standard InChI is InChI=1S/C17H29NO2S/c1-8-18-16(17(5,6)21(7,19)20)11-15-13(3)9-12(2)10-14(15)4/h9-10,16,18H,8,11H2,1-7H3. The van der Waals surface area contributed by atoms with Crippen LogP contribution in [0.15, 0.2) is 12.1 Å². The Hall–Kier alpha value is -0.870. The van der Waals surface area contributed by atoms with Gasteiger partial charge in [0, 0.05) is 12.3 Å². The molecule has 1 aromatic rings. The van der Waals surface area contributed by atoms with Gasteiger partial charge in [0.15, 0.2) is 9.84 Å². The average Bonchev–Trinajstić information content (AvgIpc) is 2.30. The van der Waals surface area contributed by atoms with E-state index in [0.29, 0.717) is 0 Å². The molecule has 1 N–H and O–H groups in total. The van der Waals surface area contributed by atoms with Crippen molar-refractivity contribution in [3.8, 4) is 0 Å². The van der Waals surface area contributed by atoms with Crippen molar-refractivity contribution in [2.45, 2.75) is 58.8 Å². The zero-order valence-electron chi connectivity index (χ0n) is 14.4. The molecule has 0 aromatic heterocycles. The summed E-state index contributed by atoms with van der Waals surface area (Å²) in [5.41, 5.74) is 4.97. The number of rotatable bonds is 6. The third-order valence-corrected chi connectivity index (χ3v) is 6.69. The van der Waals surface area contributed by atoms with E-state index in [2.05, 4.69) is 38.2 Å². The van der Waals surface area contributed by atoms with E-state index in [0.717, 1.165) is 13.0 Å². The van der Waals surface area contributed by atoms with Crippen molar-refractivity contribution < 1.29 is 8.42 Å². The Balaban J connectivity index is 3.22. The summed E-state index contributed by atoms with van der Waals surface area (Å²) in [5, 5.41) is 3.37. The summed E-state index contributed by atoms with van der Waals surface area (Å²) in [5.74, 6) is 0. The van der Waals surface area contributed by atoms with Crippen LogP contribution in [0, 0.1) is 20.8 Å². The number of nitrogens with one attached hydrogen (secondary N) is 1. The Morgan fingerprint density at radius 2 is 1.62 bits per heavy atom. The lowest BCUT2D eigenvalue weighted by Crippen LogP contribution is -2.52. The zero-order valence-corrected chi connectivity index (χ0v) is 15.2. The van der Waals surface area contributed by atoms with Crippen molar-refractivity contribution in [3.05, 3.63) is 34.4 Å². The summed E-state index contributed by atoms with van der Waals surface area (Å²) in [6.45, 7) is 12.7. The van der Waals surface area contributed by atoms with E-state index in [-0.39, 0.29) is 6.04 Å². The molecule has 0 saturated heterocycles. The number of likely N-dealkylation sites (N-methyl/N-ethyl adjacent to an activating group) is 1. The van der Waals surface area contributed by atoms with Crippen molar-refractivity contribution in [2.75, 3.05) is 12.8 Å². The van der Waals surface area contributed by atoms with E-state index in [9.17, 15) is 8.42 Å². The van der Waals surface area contributed by atoms with Gasteiger partial charge in [-0.3, -0.25) is 0 Å². The van der Waals surface area contributed by atoms with Crippen molar-refractivity contribution >= 4 is 9.84 Å². The van der Waals surface area contributed by atoms with Gasteiger partial charge in [-0.05, 0) is 64.3 Å². The highest BCUT2D eigenvalue weighted by Crippen LogP contribution is 2.26. The molecule has 4 heteroatoms. The number of aryl methyl sites for hydroxylation is 3. The molecule has 1 rings (SSSR count). The van der Waals surface area contributed by atoms with E-state index in [1.165, 1.54) is 28.5 Å². The van der Waals surface area contributed by atoms with Gasteiger partial charge in [-0.2, -0.15) is 0 Å². The molecule has 0 radical (unpaired) electrons. The molecular weight excluding hydrogens is 282 g/mol. The van der Waals surface area contributed by atoms with Crippen LogP contribution < -0.4 is 5.32 Å². The summed E-state index contributed by atoms with van der Waals surface area (Å²) >= 11 is 0. The van der Waals surface area contributed by atoms with Crippen molar-refractivity contribution in [2.24, 2.45) is 0 Å². The number of benzene rings is 1. The minimum Gasteiger partial charge on any atom is -0.312 e. The predicted molar refractivity (Wildman–Crippen MR) is 90.7 cm³/mol. The molecule has 1 unspecified atom stereocenters. The van der Waals surface area contributed by atoms with Crippen LogP contribution in [0.25, 0.3) is 0 Å². The fraction of sp³-hybridized carbons (Fsp3) is 0.647. The van der Waals surface area contributed by atoms with E-state index < -0.39 is 14.6 Å². The van der Waals surface area contributed by atoms with Gasteiger partial charge in [-0.25, -0.2) is 8.42 Å². The average molecular weight is 311 g/mol. The SMILES string of the molecule is CCNC(Cc1c(C)cc(C)cc1C)C(C)(C)S(C)(=O)=O. The maximum Gasteiger partial charge on any atom is 0.154 e. The summed E-state index contributed by atoms with van der Waals surface area (Å²) in [7, 11) is -3.14. The highest BCUT2D eigenvalue weighted by atomic mass is 32.2. The van der Waals surface area contributed by atoms with Crippen molar-refractivity contribution in [1.29, 1.82) is 0 Å². The molecule has 0 aliphatic rings. The lowest BCUT2D eigenvalue weighted by molar-refractivity contribution is 0.412. The number of sulfone groups is 1. The molecule has 0 fully saturated rings. The first kappa shape index (κ1) is 18.2. The highest BCUT2D eigenvalue weighted by Gasteiger charge is 2.38. The van der Waals surface area contributed by atoms with Crippen LogP contribution in [0.5, 0.6) is 0 Å². The van der Waals surface area contributed by atoms with Crippen LogP contribution in [-0.2, 0) is 16.3 Å². The lowest BCUT2D eigenvalue weighted by Gasteiger charge is -2.34. The monoisotopic (exact) mass is 311 g/mol. The molecule has 0 aliphatic heterocycles. The largest absolute Gasteiger partial charge is 0.312 e. The predicted octanol–water partition coefficient (Wildman–Crippen LogP) is 2.96.